The summed E-state index contributed by atoms with van der Waals surface area (Å²) in [6.45, 7) is 0. The zero-order valence-electron chi connectivity index (χ0n) is 12.4. The lowest BCUT2D eigenvalue weighted by molar-refractivity contribution is 0.431. The van der Waals surface area contributed by atoms with Gasteiger partial charge in [0.2, 0.25) is 0 Å². The highest BCUT2D eigenvalue weighted by atomic mass is 127. The number of halogens is 1. The second-order valence-corrected chi connectivity index (χ2v) is 7.25. The van der Waals surface area contributed by atoms with Gasteiger partial charge in [-0.05, 0) is 53.1 Å². The Morgan fingerprint density at radius 3 is 2.55 bits per heavy atom. The summed E-state index contributed by atoms with van der Waals surface area (Å²) in [4.78, 5) is 4.59. The first kappa shape index (κ1) is 14.2. The summed E-state index contributed by atoms with van der Waals surface area (Å²) in [5, 5.41) is 4.55. The minimum atomic E-state index is 0.591. The molecule has 0 spiro atoms. The van der Waals surface area contributed by atoms with Crippen LogP contribution in [0.5, 0.6) is 0 Å². The first-order valence-corrected chi connectivity index (χ1v) is 8.99. The predicted molar refractivity (Wildman–Crippen MR) is 97.0 cm³/mol. The third-order valence-electron chi connectivity index (χ3n) is 4.60. The van der Waals surface area contributed by atoms with Gasteiger partial charge in [-0.1, -0.05) is 31.4 Å². The van der Waals surface area contributed by atoms with Crippen LogP contribution in [0.15, 0.2) is 42.7 Å². The summed E-state index contributed by atoms with van der Waals surface area (Å²) in [5.41, 5.74) is 4.77. The van der Waals surface area contributed by atoms with Crippen LogP contribution in [-0.2, 0) is 0 Å². The van der Waals surface area contributed by atoms with E-state index in [-0.39, 0.29) is 0 Å². The number of aromatic nitrogens is 3. The molecule has 0 radical (unpaired) electrons. The summed E-state index contributed by atoms with van der Waals surface area (Å²) in [6.07, 6.45) is 10.4. The molecular weight excluding hydrogens is 385 g/mol. The van der Waals surface area contributed by atoms with Crippen LogP contribution < -0.4 is 0 Å². The van der Waals surface area contributed by atoms with Crippen molar-refractivity contribution in [2.75, 3.05) is 0 Å². The summed E-state index contributed by atoms with van der Waals surface area (Å²) >= 11 is 2.35. The van der Waals surface area contributed by atoms with Gasteiger partial charge in [-0.25, -0.2) is 9.50 Å². The van der Waals surface area contributed by atoms with Crippen molar-refractivity contribution in [3.63, 3.8) is 0 Å². The third-order valence-corrected chi connectivity index (χ3v) is 5.32. The summed E-state index contributed by atoms with van der Waals surface area (Å²) < 4.78 is 3.32. The summed E-state index contributed by atoms with van der Waals surface area (Å²) in [7, 11) is 0. The van der Waals surface area contributed by atoms with Crippen LogP contribution in [0.2, 0.25) is 0 Å². The van der Waals surface area contributed by atoms with Crippen LogP contribution in [0.1, 0.15) is 43.7 Å². The number of rotatable bonds is 2. The van der Waals surface area contributed by atoms with Gasteiger partial charge in [0.05, 0.1) is 11.9 Å². The van der Waals surface area contributed by atoms with Gasteiger partial charge >= 0.3 is 0 Å². The van der Waals surface area contributed by atoms with Crippen LogP contribution in [0.25, 0.3) is 16.8 Å². The van der Waals surface area contributed by atoms with E-state index in [1.54, 1.807) is 0 Å². The van der Waals surface area contributed by atoms with E-state index in [0.717, 1.165) is 5.65 Å². The monoisotopic (exact) mass is 403 g/mol. The molecule has 1 aromatic carbocycles. The normalized spacial score (nSPS) is 16.2. The van der Waals surface area contributed by atoms with Crippen LogP contribution in [-0.4, -0.2) is 14.6 Å². The van der Waals surface area contributed by atoms with Gasteiger partial charge in [-0.2, -0.15) is 5.10 Å². The van der Waals surface area contributed by atoms with Gasteiger partial charge in [0.15, 0.2) is 5.65 Å². The number of nitrogens with zero attached hydrogens (tertiary/aromatic N) is 3. The van der Waals surface area contributed by atoms with Crippen LogP contribution in [0.3, 0.4) is 0 Å². The van der Waals surface area contributed by atoms with Gasteiger partial charge in [-0.15, -0.1) is 0 Å². The van der Waals surface area contributed by atoms with Gasteiger partial charge in [0.1, 0.15) is 0 Å². The van der Waals surface area contributed by atoms with E-state index < -0.39 is 0 Å². The van der Waals surface area contributed by atoms with Crippen LogP contribution in [0.4, 0.5) is 0 Å². The Hall–Kier alpha value is -1.43. The third kappa shape index (κ3) is 2.53. The molecule has 1 aliphatic carbocycles. The molecule has 2 aromatic heterocycles. The molecule has 0 atom stereocenters. The number of fused-ring (bicyclic) bond motifs is 1. The molecule has 1 fully saturated rings. The van der Waals surface area contributed by atoms with Gasteiger partial charge in [0.25, 0.3) is 0 Å². The largest absolute Gasteiger partial charge is 0.236 e. The van der Waals surface area contributed by atoms with Crippen molar-refractivity contribution in [3.8, 4) is 11.1 Å². The minimum Gasteiger partial charge on any atom is -0.236 e. The topological polar surface area (TPSA) is 30.2 Å². The highest BCUT2D eigenvalue weighted by molar-refractivity contribution is 14.1. The van der Waals surface area contributed by atoms with Crippen LogP contribution in [0, 0.1) is 3.57 Å². The molecular formula is C18H18IN3. The van der Waals surface area contributed by atoms with Crippen molar-refractivity contribution >= 4 is 28.2 Å². The second-order valence-electron chi connectivity index (χ2n) is 6.00. The smallest absolute Gasteiger partial charge is 0.155 e. The highest BCUT2D eigenvalue weighted by Crippen LogP contribution is 2.37. The molecule has 2 heterocycles. The number of benzene rings is 1. The second kappa shape index (κ2) is 5.99. The molecule has 3 aromatic rings. The van der Waals surface area contributed by atoms with Gasteiger partial charge in [-0.3, -0.25) is 0 Å². The molecule has 22 heavy (non-hydrogen) atoms. The van der Waals surface area contributed by atoms with Gasteiger partial charge in [0, 0.05) is 27.3 Å². The van der Waals surface area contributed by atoms with E-state index >= 15 is 0 Å². The Morgan fingerprint density at radius 2 is 1.77 bits per heavy atom. The molecule has 4 rings (SSSR count). The molecule has 112 valence electrons. The molecule has 1 aliphatic rings. The molecule has 0 aliphatic heterocycles. The zero-order valence-corrected chi connectivity index (χ0v) is 14.5. The van der Waals surface area contributed by atoms with E-state index in [4.69, 9.17) is 0 Å². The Balaban J connectivity index is 1.91. The van der Waals surface area contributed by atoms with E-state index in [0.29, 0.717) is 5.92 Å². The SMILES string of the molecule is Ic1ccc(-c2cnc3ccnn3c2C2CCCCC2)cc1. The van der Waals surface area contributed by atoms with E-state index in [9.17, 15) is 0 Å². The molecule has 4 heteroatoms. The minimum absolute atomic E-state index is 0.591. The van der Waals surface area contributed by atoms with Crippen LogP contribution >= 0.6 is 22.6 Å². The van der Waals surface area contributed by atoms with Crippen molar-refractivity contribution in [1.82, 2.24) is 14.6 Å². The maximum Gasteiger partial charge on any atom is 0.155 e. The highest BCUT2D eigenvalue weighted by Gasteiger charge is 2.23. The van der Waals surface area contributed by atoms with Crippen molar-refractivity contribution in [2.45, 2.75) is 38.0 Å². The number of hydrogen-bond acceptors (Lipinski definition) is 2. The Bertz CT molecular complexity index is 786. The Labute approximate surface area is 143 Å². The van der Waals surface area contributed by atoms with Gasteiger partial charge < -0.3 is 0 Å². The molecule has 0 amide bonds. The van der Waals surface area contributed by atoms with E-state index in [1.165, 1.54) is 52.5 Å². The van der Waals surface area contributed by atoms with E-state index in [1.807, 2.05) is 18.5 Å². The molecule has 1 saturated carbocycles. The number of hydrogen-bond donors (Lipinski definition) is 0. The maximum absolute atomic E-state index is 4.59. The average Bonchev–Trinajstić information content (AvgIpc) is 3.04. The van der Waals surface area contributed by atoms with Crippen molar-refractivity contribution in [3.05, 3.63) is 52.0 Å². The fourth-order valence-electron chi connectivity index (χ4n) is 3.51. The quantitative estimate of drug-likeness (QED) is 0.561. The summed E-state index contributed by atoms with van der Waals surface area (Å²) in [5.74, 6) is 0.591. The average molecular weight is 403 g/mol. The Kier molecular flexibility index (Phi) is 3.86. The predicted octanol–water partition coefficient (Wildman–Crippen LogP) is 5.05. The lowest BCUT2D eigenvalue weighted by Gasteiger charge is -2.24. The van der Waals surface area contributed by atoms with Crippen molar-refractivity contribution in [1.29, 1.82) is 0 Å². The lowest BCUT2D eigenvalue weighted by Crippen LogP contribution is -2.12. The zero-order chi connectivity index (χ0) is 14.9. The summed E-state index contributed by atoms with van der Waals surface area (Å²) in [6, 6.07) is 10.7. The lowest BCUT2D eigenvalue weighted by atomic mass is 9.84. The molecule has 0 bridgehead atoms. The standard InChI is InChI=1S/C18H18IN3/c19-15-8-6-13(7-9-15)16-12-20-17-10-11-21-22(17)18(16)14-4-2-1-3-5-14/h6-12,14H,1-5H2. The van der Waals surface area contributed by atoms with Crippen molar-refractivity contribution < 1.29 is 0 Å². The molecule has 0 unspecified atom stereocenters. The first-order chi connectivity index (χ1) is 10.8. The fraction of sp³-hybridized carbons (Fsp3) is 0.333. The molecule has 3 nitrogen and oxygen atoms in total. The first-order valence-electron chi connectivity index (χ1n) is 7.91. The van der Waals surface area contributed by atoms with Crippen molar-refractivity contribution in [2.24, 2.45) is 0 Å². The molecule has 0 N–H and O–H groups in total. The molecule has 0 saturated heterocycles. The fourth-order valence-corrected chi connectivity index (χ4v) is 3.87. The maximum atomic E-state index is 4.59. The Morgan fingerprint density at radius 1 is 1.00 bits per heavy atom. The van der Waals surface area contributed by atoms with E-state index in [2.05, 4.69) is 61.5 Å².